The van der Waals surface area contributed by atoms with E-state index in [-0.39, 0.29) is 11.6 Å². The highest BCUT2D eigenvalue weighted by Crippen LogP contribution is 2.10. The van der Waals surface area contributed by atoms with Crippen LogP contribution in [0.15, 0.2) is 0 Å². The second kappa shape index (κ2) is 5.83. The largest absolute Gasteiger partial charge is 0.460 e. The molecule has 1 aliphatic heterocycles. The molecule has 0 spiro atoms. The molecule has 0 aliphatic carbocycles. The van der Waals surface area contributed by atoms with Crippen molar-refractivity contribution in [1.29, 1.82) is 0 Å². The van der Waals surface area contributed by atoms with Gasteiger partial charge in [-0.2, -0.15) is 0 Å². The van der Waals surface area contributed by atoms with Gasteiger partial charge in [0.05, 0.1) is 6.42 Å². The third-order valence-electron chi connectivity index (χ3n) is 3.10. The number of rotatable bonds is 3. The van der Waals surface area contributed by atoms with Gasteiger partial charge in [-0.3, -0.25) is 9.69 Å². The highest BCUT2D eigenvalue weighted by atomic mass is 16.6. The van der Waals surface area contributed by atoms with Crippen molar-refractivity contribution in [2.75, 3.05) is 33.2 Å². The minimum atomic E-state index is -0.369. The molecule has 1 atom stereocenters. The zero-order chi connectivity index (χ0) is 13.1. The van der Waals surface area contributed by atoms with E-state index in [1.807, 2.05) is 20.8 Å². The number of nitrogens with zero attached hydrogens (tertiary/aromatic N) is 2. The van der Waals surface area contributed by atoms with E-state index in [9.17, 15) is 4.79 Å². The summed E-state index contributed by atoms with van der Waals surface area (Å²) < 4.78 is 5.30. The van der Waals surface area contributed by atoms with Gasteiger partial charge in [-0.25, -0.2) is 0 Å². The van der Waals surface area contributed by atoms with Crippen molar-refractivity contribution in [2.24, 2.45) is 0 Å². The van der Waals surface area contributed by atoms with Gasteiger partial charge in [0.25, 0.3) is 0 Å². The number of carbonyl (C=O) groups is 1. The fourth-order valence-electron chi connectivity index (χ4n) is 1.97. The average Bonchev–Trinajstić information content (AvgIpc) is 2.17. The first-order chi connectivity index (χ1) is 7.78. The van der Waals surface area contributed by atoms with Crippen LogP contribution in [0.1, 0.15) is 34.1 Å². The second-order valence-corrected chi connectivity index (χ2v) is 5.97. The van der Waals surface area contributed by atoms with Gasteiger partial charge in [-0.05, 0) is 34.7 Å². The van der Waals surface area contributed by atoms with Crippen LogP contribution in [-0.2, 0) is 9.53 Å². The summed E-state index contributed by atoms with van der Waals surface area (Å²) >= 11 is 0. The van der Waals surface area contributed by atoms with Gasteiger partial charge < -0.3 is 9.64 Å². The Morgan fingerprint density at radius 3 is 2.53 bits per heavy atom. The lowest BCUT2D eigenvalue weighted by Gasteiger charge is -2.37. The minimum absolute atomic E-state index is 0.0934. The Bertz CT molecular complexity index is 261. The number of likely N-dealkylation sites (N-methyl/N-ethyl adjacent to an activating group) is 1. The molecule has 0 N–H and O–H groups in total. The fourth-order valence-corrected chi connectivity index (χ4v) is 1.97. The smallest absolute Gasteiger partial charge is 0.307 e. The molecule has 0 saturated carbocycles. The number of carbonyl (C=O) groups excluding carboxylic acids is 1. The van der Waals surface area contributed by atoms with Crippen LogP contribution < -0.4 is 0 Å². The molecule has 0 aromatic carbocycles. The minimum Gasteiger partial charge on any atom is -0.460 e. The monoisotopic (exact) mass is 242 g/mol. The molecule has 17 heavy (non-hydrogen) atoms. The highest BCUT2D eigenvalue weighted by molar-refractivity contribution is 5.70. The molecular formula is C13H26N2O2. The van der Waals surface area contributed by atoms with E-state index in [2.05, 4.69) is 23.8 Å². The maximum Gasteiger partial charge on any atom is 0.307 e. The van der Waals surface area contributed by atoms with E-state index in [4.69, 9.17) is 4.74 Å². The number of piperazine rings is 1. The normalized spacial score (nSPS) is 23.7. The van der Waals surface area contributed by atoms with E-state index in [1.165, 1.54) is 0 Å². The van der Waals surface area contributed by atoms with E-state index in [0.29, 0.717) is 12.5 Å². The van der Waals surface area contributed by atoms with Crippen LogP contribution in [0.25, 0.3) is 0 Å². The predicted molar refractivity (Wildman–Crippen MR) is 69.0 cm³/mol. The van der Waals surface area contributed by atoms with E-state index in [0.717, 1.165) is 26.2 Å². The summed E-state index contributed by atoms with van der Waals surface area (Å²) in [7, 11) is 2.15. The third-order valence-corrected chi connectivity index (χ3v) is 3.10. The van der Waals surface area contributed by atoms with Crippen LogP contribution in [0, 0.1) is 0 Å². The van der Waals surface area contributed by atoms with Crippen molar-refractivity contribution in [1.82, 2.24) is 9.80 Å². The van der Waals surface area contributed by atoms with Crippen LogP contribution in [0.4, 0.5) is 0 Å². The topological polar surface area (TPSA) is 32.8 Å². The highest BCUT2D eigenvalue weighted by Gasteiger charge is 2.22. The molecule has 1 saturated heterocycles. The van der Waals surface area contributed by atoms with Crippen molar-refractivity contribution in [3.05, 3.63) is 0 Å². The zero-order valence-electron chi connectivity index (χ0n) is 11.8. The molecule has 0 amide bonds. The van der Waals surface area contributed by atoms with Crippen LogP contribution in [-0.4, -0.2) is 60.6 Å². The second-order valence-electron chi connectivity index (χ2n) is 5.97. The summed E-state index contributed by atoms with van der Waals surface area (Å²) in [5.41, 5.74) is -0.369. The van der Waals surface area contributed by atoms with Crippen molar-refractivity contribution in [2.45, 2.75) is 45.8 Å². The van der Waals surface area contributed by atoms with Crippen LogP contribution in [0.3, 0.4) is 0 Å². The maximum absolute atomic E-state index is 11.6. The molecule has 4 heteroatoms. The summed E-state index contributed by atoms with van der Waals surface area (Å²) in [6.45, 7) is 11.9. The summed E-state index contributed by atoms with van der Waals surface area (Å²) in [6, 6.07) is 0.572. The van der Waals surface area contributed by atoms with Gasteiger partial charge in [-0.1, -0.05) is 0 Å². The Morgan fingerprint density at radius 2 is 2.00 bits per heavy atom. The van der Waals surface area contributed by atoms with Gasteiger partial charge in [0, 0.05) is 32.2 Å². The molecule has 1 unspecified atom stereocenters. The van der Waals surface area contributed by atoms with Crippen molar-refractivity contribution < 1.29 is 9.53 Å². The van der Waals surface area contributed by atoms with Crippen molar-refractivity contribution in [3.63, 3.8) is 0 Å². The van der Waals surface area contributed by atoms with E-state index in [1.54, 1.807) is 0 Å². The number of esters is 1. The van der Waals surface area contributed by atoms with Gasteiger partial charge in [0.2, 0.25) is 0 Å². The van der Waals surface area contributed by atoms with Gasteiger partial charge in [0.15, 0.2) is 0 Å². The molecule has 1 rings (SSSR count). The first-order valence-electron chi connectivity index (χ1n) is 6.42. The van der Waals surface area contributed by atoms with E-state index < -0.39 is 0 Å². The standard InChI is InChI=1S/C13H26N2O2/c1-11-10-15(9-8-14(11)5)7-6-12(16)17-13(2,3)4/h11H,6-10H2,1-5H3. The van der Waals surface area contributed by atoms with Gasteiger partial charge in [0.1, 0.15) is 5.60 Å². The van der Waals surface area contributed by atoms with Crippen LogP contribution >= 0.6 is 0 Å². The Kier molecular flexibility index (Phi) is 4.95. The molecule has 0 bridgehead atoms. The Balaban J connectivity index is 2.25. The first kappa shape index (κ1) is 14.5. The van der Waals surface area contributed by atoms with Crippen molar-refractivity contribution in [3.8, 4) is 0 Å². The number of hydrogen-bond acceptors (Lipinski definition) is 4. The lowest BCUT2D eigenvalue weighted by Crippen LogP contribution is -2.50. The van der Waals surface area contributed by atoms with Gasteiger partial charge in [-0.15, -0.1) is 0 Å². The molecule has 0 aromatic rings. The molecule has 100 valence electrons. The number of ether oxygens (including phenoxy) is 1. The molecular weight excluding hydrogens is 216 g/mol. The SMILES string of the molecule is CC1CN(CCC(=O)OC(C)(C)C)CCN1C. The van der Waals surface area contributed by atoms with Crippen LogP contribution in [0.2, 0.25) is 0 Å². The van der Waals surface area contributed by atoms with Crippen molar-refractivity contribution >= 4 is 5.97 Å². The molecule has 1 aliphatic rings. The Labute approximate surface area is 105 Å². The molecule has 0 radical (unpaired) electrons. The summed E-state index contributed by atoms with van der Waals surface area (Å²) in [4.78, 5) is 16.3. The maximum atomic E-state index is 11.6. The van der Waals surface area contributed by atoms with Gasteiger partial charge >= 0.3 is 5.97 Å². The quantitative estimate of drug-likeness (QED) is 0.700. The van der Waals surface area contributed by atoms with E-state index >= 15 is 0 Å². The molecule has 1 fully saturated rings. The third kappa shape index (κ3) is 5.50. The lowest BCUT2D eigenvalue weighted by molar-refractivity contribution is -0.155. The fraction of sp³-hybridized carbons (Fsp3) is 0.923. The summed E-state index contributed by atoms with van der Waals surface area (Å²) in [5, 5.41) is 0. The summed E-state index contributed by atoms with van der Waals surface area (Å²) in [6.07, 6.45) is 0.494. The summed E-state index contributed by atoms with van der Waals surface area (Å²) in [5.74, 6) is -0.0934. The Morgan fingerprint density at radius 1 is 1.35 bits per heavy atom. The Hall–Kier alpha value is -0.610. The lowest BCUT2D eigenvalue weighted by atomic mass is 10.2. The molecule has 1 heterocycles. The molecule has 4 nitrogen and oxygen atoms in total. The first-order valence-corrected chi connectivity index (χ1v) is 6.42. The molecule has 0 aromatic heterocycles. The zero-order valence-corrected chi connectivity index (χ0v) is 11.8. The van der Waals surface area contributed by atoms with Crippen LogP contribution in [0.5, 0.6) is 0 Å². The number of hydrogen-bond donors (Lipinski definition) is 0. The predicted octanol–water partition coefficient (Wildman–Crippen LogP) is 1.35. The average molecular weight is 242 g/mol.